The highest BCUT2D eigenvalue weighted by Crippen LogP contribution is 2.41. The molecule has 0 amide bonds. The molecule has 1 aromatic heterocycles. The predicted molar refractivity (Wildman–Crippen MR) is 115 cm³/mol. The first-order valence-corrected chi connectivity index (χ1v) is 10.6. The van der Waals surface area contributed by atoms with Crippen LogP contribution in [0.3, 0.4) is 0 Å². The summed E-state index contributed by atoms with van der Waals surface area (Å²) in [4.78, 5) is 20.0. The van der Waals surface area contributed by atoms with Crippen LogP contribution in [0.15, 0.2) is 47.3 Å². The van der Waals surface area contributed by atoms with E-state index in [1.807, 2.05) is 24.3 Å². The van der Waals surface area contributed by atoms with Crippen LogP contribution in [0.2, 0.25) is 5.02 Å². The third-order valence-electron chi connectivity index (χ3n) is 6.00. The Kier molecular flexibility index (Phi) is 4.39. The van der Waals surface area contributed by atoms with Gasteiger partial charge in [-0.2, -0.15) is 4.98 Å². The zero-order valence-electron chi connectivity index (χ0n) is 16.1. The first-order chi connectivity index (χ1) is 13.6. The normalized spacial score (nSPS) is 19.9. The van der Waals surface area contributed by atoms with Gasteiger partial charge in [0.2, 0.25) is 0 Å². The lowest BCUT2D eigenvalue weighted by atomic mass is 9.99. The van der Waals surface area contributed by atoms with Crippen molar-refractivity contribution in [2.45, 2.75) is 38.5 Å². The lowest BCUT2D eigenvalue weighted by Gasteiger charge is -2.32. The first-order valence-electron chi connectivity index (χ1n) is 10.2. The van der Waals surface area contributed by atoms with Crippen LogP contribution in [0.25, 0.3) is 16.6 Å². The van der Waals surface area contributed by atoms with Crippen LogP contribution in [0.4, 0.5) is 5.82 Å². The highest BCUT2D eigenvalue weighted by molar-refractivity contribution is 6.32. The van der Waals surface area contributed by atoms with Gasteiger partial charge in [-0.15, -0.1) is 0 Å². The summed E-state index contributed by atoms with van der Waals surface area (Å²) in [5, 5.41) is 1.59. The number of halogens is 1. The summed E-state index contributed by atoms with van der Waals surface area (Å²) in [5.41, 5.74) is 2.64. The van der Waals surface area contributed by atoms with Crippen LogP contribution in [0.5, 0.6) is 0 Å². The number of anilines is 1. The van der Waals surface area contributed by atoms with Gasteiger partial charge in [0, 0.05) is 18.5 Å². The number of fused-ring (bicyclic) bond motifs is 1. The second-order valence-corrected chi connectivity index (χ2v) is 8.66. The number of hydrogen-bond acceptors (Lipinski definition) is 3. The molecule has 0 N–H and O–H groups in total. The van der Waals surface area contributed by atoms with E-state index in [-0.39, 0.29) is 5.69 Å². The first kappa shape index (κ1) is 17.7. The molecule has 28 heavy (non-hydrogen) atoms. The minimum atomic E-state index is -0.262. The van der Waals surface area contributed by atoms with Crippen molar-refractivity contribution in [2.24, 2.45) is 5.92 Å². The number of nitrogens with zero attached hydrogens (tertiary/aromatic N) is 3. The lowest BCUT2D eigenvalue weighted by Crippen LogP contribution is -2.37. The van der Waals surface area contributed by atoms with Crippen molar-refractivity contribution in [2.75, 3.05) is 18.0 Å². The van der Waals surface area contributed by atoms with E-state index in [4.69, 9.17) is 11.6 Å². The summed E-state index contributed by atoms with van der Waals surface area (Å²) in [5.74, 6) is 2.05. The largest absolute Gasteiger partial charge is 0.356 e. The summed E-state index contributed by atoms with van der Waals surface area (Å²) in [7, 11) is 0. The molecule has 1 saturated carbocycles. The van der Waals surface area contributed by atoms with E-state index >= 15 is 0 Å². The molecule has 2 heterocycles. The monoisotopic (exact) mass is 393 g/mol. The molecule has 3 aromatic rings. The number of rotatable bonds is 3. The van der Waals surface area contributed by atoms with E-state index in [2.05, 4.69) is 35.0 Å². The fourth-order valence-corrected chi connectivity index (χ4v) is 4.61. The molecule has 5 heteroatoms. The fraction of sp³-hybridized carbons (Fsp3) is 0.391. The molecule has 0 radical (unpaired) electrons. The van der Waals surface area contributed by atoms with Gasteiger partial charge < -0.3 is 4.90 Å². The molecule has 2 aliphatic rings. The molecule has 0 bridgehead atoms. The quantitative estimate of drug-likeness (QED) is 0.617. The zero-order chi connectivity index (χ0) is 19.3. The second-order valence-electron chi connectivity index (χ2n) is 8.25. The Hall–Kier alpha value is -2.33. The number of benzene rings is 2. The Morgan fingerprint density at radius 2 is 1.93 bits per heavy atom. The van der Waals surface area contributed by atoms with Gasteiger partial charge in [-0.25, -0.2) is 4.79 Å². The molecule has 4 nitrogen and oxygen atoms in total. The predicted octanol–water partition coefficient (Wildman–Crippen LogP) is 5.15. The van der Waals surface area contributed by atoms with Crippen molar-refractivity contribution in [1.82, 2.24) is 9.55 Å². The summed E-state index contributed by atoms with van der Waals surface area (Å²) in [6.45, 7) is 4.17. The van der Waals surface area contributed by atoms with Gasteiger partial charge in [-0.3, -0.25) is 4.57 Å². The van der Waals surface area contributed by atoms with Crippen molar-refractivity contribution < 1.29 is 0 Å². The van der Waals surface area contributed by atoms with Crippen LogP contribution >= 0.6 is 11.6 Å². The molecule has 2 aromatic carbocycles. The van der Waals surface area contributed by atoms with E-state index in [0.717, 1.165) is 36.2 Å². The maximum atomic E-state index is 13.2. The number of piperidine rings is 1. The van der Waals surface area contributed by atoms with Crippen molar-refractivity contribution in [3.05, 3.63) is 63.5 Å². The highest BCUT2D eigenvalue weighted by Gasteiger charge is 2.26. The van der Waals surface area contributed by atoms with Gasteiger partial charge in [0.05, 0.1) is 16.2 Å². The minimum Gasteiger partial charge on any atom is -0.356 e. The molecule has 1 aliphatic heterocycles. The third-order valence-corrected chi connectivity index (χ3v) is 6.31. The second kappa shape index (κ2) is 6.93. The molecule has 1 unspecified atom stereocenters. The van der Waals surface area contributed by atoms with E-state index in [1.54, 1.807) is 4.57 Å². The maximum absolute atomic E-state index is 13.2. The average molecular weight is 394 g/mol. The summed E-state index contributed by atoms with van der Waals surface area (Å²) < 4.78 is 1.68. The van der Waals surface area contributed by atoms with E-state index in [1.165, 1.54) is 24.8 Å². The Labute approximate surface area is 169 Å². The summed E-state index contributed by atoms with van der Waals surface area (Å²) in [6.07, 6.45) is 4.82. The average Bonchev–Trinajstić information content (AvgIpc) is 3.53. The Balaban J connectivity index is 1.77. The molecular formula is C23H24ClN3O. The Bertz CT molecular complexity index is 1100. The minimum absolute atomic E-state index is 0.262. The highest BCUT2D eigenvalue weighted by atomic mass is 35.5. The van der Waals surface area contributed by atoms with E-state index in [9.17, 15) is 4.79 Å². The van der Waals surface area contributed by atoms with Gasteiger partial charge in [-0.05, 0) is 67.3 Å². The topological polar surface area (TPSA) is 38.1 Å². The van der Waals surface area contributed by atoms with Crippen molar-refractivity contribution >= 4 is 28.3 Å². The Morgan fingerprint density at radius 3 is 2.68 bits per heavy atom. The number of hydrogen-bond donors (Lipinski definition) is 0. The zero-order valence-corrected chi connectivity index (χ0v) is 16.8. The standard InChI is InChI=1S/C23H24ClN3O/c1-15-5-4-12-26(14-15)22-18-11-10-17(16-8-9-16)13-21(18)27(23(28)25-22)20-7-3-2-6-19(20)24/h2-3,6-7,10-11,13,15-16H,4-5,8-9,12,14H2,1H3. The van der Waals surface area contributed by atoms with E-state index in [0.29, 0.717) is 22.5 Å². The SMILES string of the molecule is CC1CCCN(c2nc(=O)n(-c3ccccc3Cl)c3cc(C4CC4)ccc23)C1. The van der Waals surface area contributed by atoms with Crippen molar-refractivity contribution in [3.63, 3.8) is 0 Å². The molecule has 2 fully saturated rings. The number of para-hydroxylation sites is 1. The summed E-state index contributed by atoms with van der Waals surface area (Å²) >= 11 is 6.46. The van der Waals surface area contributed by atoms with Crippen LogP contribution in [-0.4, -0.2) is 22.6 Å². The molecule has 1 atom stereocenters. The summed E-state index contributed by atoms with van der Waals surface area (Å²) in [6, 6.07) is 14.0. The smallest absolute Gasteiger partial charge is 0.354 e. The van der Waals surface area contributed by atoms with Crippen LogP contribution in [0.1, 0.15) is 44.1 Å². The molecular weight excluding hydrogens is 370 g/mol. The fourth-order valence-electron chi connectivity index (χ4n) is 4.39. The molecule has 5 rings (SSSR count). The number of aromatic nitrogens is 2. The van der Waals surface area contributed by atoms with Gasteiger partial charge >= 0.3 is 5.69 Å². The third kappa shape index (κ3) is 3.10. The molecule has 144 valence electrons. The van der Waals surface area contributed by atoms with Crippen molar-refractivity contribution in [1.29, 1.82) is 0 Å². The maximum Gasteiger partial charge on any atom is 0.354 e. The molecule has 0 spiro atoms. The van der Waals surface area contributed by atoms with Crippen LogP contribution in [0, 0.1) is 5.92 Å². The van der Waals surface area contributed by atoms with Crippen LogP contribution in [-0.2, 0) is 0 Å². The van der Waals surface area contributed by atoms with Gasteiger partial charge in [0.15, 0.2) is 0 Å². The molecule has 1 aliphatic carbocycles. The van der Waals surface area contributed by atoms with Gasteiger partial charge in [-0.1, -0.05) is 36.7 Å². The van der Waals surface area contributed by atoms with E-state index < -0.39 is 0 Å². The van der Waals surface area contributed by atoms with Crippen molar-refractivity contribution in [3.8, 4) is 5.69 Å². The van der Waals surface area contributed by atoms with Gasteiger partial charge in [0.25, 0.3) is 0 Å². The lowest BCUT2D eigenvalue weighted by molar-refractivity contribution is 0.445. The Morgan fingerprint density at radius 1 is 1.11 bits per heavy atom. The molecule has 1 saturated heterocycles. The van der Waals surface area contributed by atoms with Crippen LogP contribution < -0.4 is 10.6 Å². The van der Waals surface area contributed by atoms with Gasteiger partial charge in [0.1, 0.15) is 5.82 Å².